The predicted molar refractivity (Wildman–Crippen MR) is 277 cm³/mol. The lowest BCUT2D eigenvalue weighted by molar-refractivity contribution is -0.253. The number of hydrogen-bond donors (Lipinski definition) is 8. The number of phenolic OH excluding ortho intramolecular Hbond substituents is 3. The summed E-state index contributed by atoms with van der Waals surface area (Å²) in [6.45, 7) is 4.30. The number of phenols is 3. The minimum atomic E-state index is -1.04. The van der Waals surface area contributed by atoms with Crippen LogP contribution in [0.25, 0.3) is 0 Å². The maximum Gasteiger partial charge on any atom is 0.188 e. The Labute approximate surface area is 436 Å². The molecule has 15 atom stereocenters. The molecule has 0 aliphatic carbocycles. The quantitative estimate of drug-likeness (QED) is 0.0290. The molecule has 4 heterocycles. The zero-order valence-electron chi connectivity index (χ0n) is 42.9. The van der Waals surface area contributed by atoms with Crippen LogP contribution in [0, 0.1) is 0 Å². The molecule has 16 heteroatoms. The zero-order valence-corrected chi connectivity index (χ0v) is 42.9. The SMILES string of the molecule is CCC1CC(CCCC2CC(CC(O)CCCC3CC(CCCC(O)CC4C[C@H](C)OC(c5ccccc5O)O4)OC(c4ccccc4O)O3)OC(CNC(O)Nc3ccccc3)O2)OC(c2ccccc2O)O1. The van der Waals surface area contributed by atoms with Crippen LogP contribution in [0.4, 0.5) is 5.69 Å². The molecular formula is C58H80N2O14. The summed E-state index contributed by atoms with van der Waals surface area (Å²) in [5.74, 6) is 0.363. The van der Waals surface area contributed by atoms with Gasteiger partial charge >= 0.3 is 0 Å². The minimum Gasteiger partial charge on any atom is -0.507 e. The highest BCUT2D eigenvalue weighted by Gasteiger charge is 2.37. The Morgan fingerprint density at radius 3 is 1.41 bits per heavy atom. The van der Waals surface area contributed by atoms with E-state index in [0.29, 0.717) is 87.3 Å². The first kappa shape index (κ1) is 55.8. The van der Waals surface area contributed by atoms with Crippen LogP contribution < -0.4 is 10.6 Å². The van der Waals surface area contributed by atoms with Gasteiger partial charge in [-0.15, -0.1) is 0 Å². The molecule has 4 fully saturated rings. The highest BCUT2D eigenvalue weighted by Crippen LogP contribution is 2.40. The Hall–Kier alpha value is -4.40. The number of aliphatic hydroxyl groups excluding tert-OH is 3. The van der Waals surface area contributed by atoms with Gasteiger partial charge in [-0.2, -0.15) is 0 Å². The standard InChI is InChI=1S/C58H80N2O14/c1-3-41-33-43(71-56(70-41)49-25-8-11-28-52(49)64)23-15-22-42-35-47(69-54(68-42)36-59-58(66)60-38-16-5-4-6-17-38)32-40(62)19-14-21-45-34-44(72-57(73-45)50-26-9-12-29-53(50)65)20-13-18-39(61)31-46-30-37(2)67-55(74-46)48-24-7-10-27-51(48)63/h4-12,16-17,24-29,37,39-47,54-66H,3,13-15,18-23,30-36H2,1-2H3/t37-,39?,40?,41?,42?,43?,44?,45?,46?,47?,54?,55?,56?,57?,58?/m0/s1. The molecule has 14 unspecified atom stereocenters. The van der Waals surface area contributed by atoms with Crippen LogP contribution in [-0.2, 0) is 37.9 Å². The molecule has 0 amide bonds. The molecule has 4 saturated heterocycles. The number of hydrogen-bond acceptors (Lipinski definition) is 16. The van der Waals surface area contributed by atoms with Gasteiger partial charge in [-0.05, 0) is 121 Å². The van der Waals surface area contributed by atoms with Crippen molar-refractivity contribution in [2.24, 2.45) is 0 Å². The fourth-order valence-corrected chi connectivity index (χ4v) is 10.8. The lowest BCUT2D eigenvalue weighted by Gasteiger charge is -2.38. The average Bonchev–Trinajstić information content (AvgIpc) is 3.38. The van der Waals surface area contributed by atoms with Crippen molar-refractivity contribution in [3.8, 4) is 17.2 Å². The number of aromatic hydroxyl groups is 3. The zero-order chi connectivity index (χ0) is 51.8. The normalized spacial score (nSPS) is 29.8. The molecule has 8 rings (SSSR count). The topological polar surface area (TPSA) is 219 Å². The second kappa shape index (κ2) is 28.1. The minimum absolute atomic E-state index is 0.0138. The first-order valence-electron chi connectivity index (χ1n) is 27.1. The van der Waals surface area contributed by atoms with Gasteiger partial charge in [0.15, 0.2) is 31.5 Å². The van der Waals surface area contributed by atoms with Gasteiger partial charge in [0, 0.05) is 41.6 Å². The number of rotatable bonds is 25. The van der Waals surface area contributed by atoms with Gasteiger partial charge in [-0.3, -0.25) is 5.32 Å². The van der Waals surface area contributed by atoms with E-state index in [1.54, 1.807) is 42.5 Å². The number of nitrogens with one attached hydrogen (secondary N) is 2. The van der Waals surface area contributed by atoms with E-state index in [1.165, 1.54) is 0 Å². The molecule has 8 N–H and O–H groups in total. The molecule has 16 nitrogen and oxygen atoms in total. The van der Waals surface area contributed by atoms with Crippen molar-refractivity contribution < 1.29 is 68.5 Å². The van der Waals surface area contributed by atoms with E-state index >= 15 is 0 Å². The van der Waals surface area contributed by atoms with Crippen LogP contribution in [0.3, 0.4) is 0 Å². The van der Waals surface area contributed by atoms with Crippen LogP contribution in [-0.4, -0.2) is 111 Å². The fraction of sp³-hybridized carbons (Fsp3) is 0.586. The molecule has 4 aromatic carbocycles. The third kappa shape index (κ3) is 16.8. The monoisotopic (exact) mass is 1030 g/mol. The summed E-state index contributed by atoms with van der Waals surface area (Å²) in [5, 5.41) is 71.3. The van der Waals surface area contributed by atoms with E-state index in [9.17, 15) is 30.6 Å². The van der Waals surface area contributed by atoms with Crippen molar-refractivity contribution in [3.05, 3.63) is 120 Å². The molecule has 0 radical (unpaired) electrons. The van der Waals surface area contributed by atoms with Crippen molar-refractivity contribution in [2.75, 3.05) is 11.9 Å². The second-order valence-corrected chi connectivity index (χ2v) is 20.6. The second-order valence-electron chi connectivity index (χ2n) is 20.6. The fourth-order valence-electron chi connectivity index (χ4n) is 10.8. The lowest BCUT2D eigenvalue weighted by Crippen LogP contribution is -2.47. The number of aliphatic hydroxyl groups is 3. The highest BCUT2D eigenvalue weighted by molar-refractivity contribution is 5.42. The number of anilines is 1. The van der Waals surface area contributed by atoms with Crippen LogP contribution in [0.1, 0.15) is 152 Å². The van der Waals surface area contributed by atoms with E-state index < -0.39 is 43.7 Å². The summed E-state index contributed by atoms with van der Waals surface area (Å²) < 4.78 is 50.7. The Morgan fingerprint density at radius 2 is 0.878 bits per heavy atom. The van der Waals surface area contributed by atoms with Crippen LogP contribution in [0.5, 0.6) is 17.2 Å². The Bertz CT molecular complexity index is 2260. The molecule has 406 valence electrons. The first-order valence-corrected chi connectivity index (χ1v) is 27.1. The third-order valence-electron chi connectivity index (χ3n) is 14.6. The third-order valence-corrected chi connectivity index (χ3v) is 14.6. The van der Waals surface area contributed by atoms with E-state index in [-0.39, 0.29) is 72.6 Å². The van der Waals surface area contributed by atoms with Gasteiger partial charge in [0.25, 0.3) is 0 Å². The summed E-state index contributed by atoms with van der Waals surface area (Å²) >= 11 is 0. The Morgan fingerprint density at radius 1 is 0.473 bits per heavy atom. The summed E-state index contributed by atoms with van der Waals surface area (Å²) in [6, 6.07) is 30.6. The first-order chi connectivity index (χ1) is 35.9. The van der Waals surface area contributed by atoms with Crippen LogP contribution >= 0.6 is 0 Å². The van der Waals surface area contributed by atoms with Crippen molar-refractivity contribution in [3.63, 3.8) is 0 Å². The van der Waals surface area contributed by atoms with E-state index in [1.807, 2.05) is 67.6 Å². The van der Waals surface area contributed by atoms with Crippen molar-refractivity contribution >= 4 is 5.69 Å². The molecule has 0 spiro atoms. The van der Waals surface area contributed by atoms with Crippen molar-refractivity contribution in [1.29, 1.82) is 0 Å². The van der Waals surface area contributed by atoms with Gasteiger partial charge in [0.05, 0.1) is 67.6 Å². The number of benzene rings is 4. The average molecular weight is 1030 g/mol. The van der Waals surface area contributed by atoms with E-state index in [4.69, 9.17) is 37.9 Å². The summed E-state index contributed by atoms with van der Waals surface area (Å²) in [6.07, 6.45) is 4.34. The Balaban J connectivity index is 0.823. The molecule has 4 aliphatic rings. The molecule has 0 saturated carbocycles. The highest BCUT2D eigenvalue weighted by atomic mass is 16.7. The van der Waals surface area contributed by atoms with Gasteiger partial charge in [-0.1, -0.05) is 79.7 Å². The summed E-state index contributed by atoms with van der Waals surface area (Å²) in [4.78, 5) is 0. The van der Waals surface area contributed by atoms with Gasteiger partial charge in [0.2, 0.25) is 0 Å². The molecule has 0 bridgehead atoms. The van der Waals surface area contributed by atoms with Crippen LogP contribution in [0.15, 0.2) is 103 Å². The molecule has 4 aliphatic heterocycles. The van der Waals surface area contributed by atoms with Gasteiger partial charge < -0.3 is 73.9 Å². The van der Waals surface area contributed by atoms with E-state index in [0.717, 1.165) is 37.8 Å². The van der Waals surface area contributed by atoms with E-state index in [2.05, 4.69) is 17.6 Å². The maximum absolute atomic E-state index is 11.5. The smallest absolute Gasteiger partial charge is 0.188 e. The van der Waals surface area contributed by atoms with Crippen molar-refractivity contribution in [1.82, 2.24) is 5.32 Å². The molecule has 0 aromatic heterocycles. The predicted octanol–water partition coefficient (Wildman–Crippen LogP) is 9.64. The largest absolute Gasteiger partial charge is 0.507 e. The molecule has 4 aromatic rings. The molecule has 74 heavy (non-hydrogen) atoms. The summed E-state index contributed by atoms with van der Waals surface area (Å²) in [5.41, 5.74) is 2.53. The number of ether oxygens (including phenoxy) is 8. The maximum atomic E-state index is 11.5. The number of para-hydroxylation sites is 4. The van der Waals surface area contributed by atoms with Gasteiger partial charge in [-0.25, -0.2) is 0 Å². The Kier molecular flexibility index (Phi) is 21.2. The van der Waals surface area contributed by atoms with Gasteiger partial charge in [0.1, 0.15) is 17.2 Å². The van der Waals surface area contributed by atoms with Crippen LogP contribution in [0.2, 0.25) is 0 Å². The molecular weight excluding hydrogens is 949 g/mol. The summed E-state index contributed by atoms with van der Waals surface area (Å²) in [7, 11) is 0. The lowest BCUT2D eigenvalue weighted by atomic mass is 9.95. The van der Waals surface area contributed by atoms with Crippen molar-refractivity contribution in [2.45, 2.75) is 209 Å².